The molecule has 0 unspecified atom stereocenters. The standard InChI is InChI=1S/C24H47NO4.2Na/c1-2-3-4-5-6-7-8-9-10-11-12-13-14-15-16-17-20-25(21-18-23(26)27)22-19-24(28)29;;/h2-22H2,1H3,(H,26,27)(H,28,29);;/q;2*+1/p-1. The van der Waals surface area contributed by atoms with E-state index in [1.54, 1.807) is 0 Å². The third-order valence-corrected chi connectivity index (χ3v) is 5.60. The molecule has 0 aromatic rings. The second kappa shape index (κ2) is 28.9. The first kappa shape index (κ1) is 36.5. The number of carboxylic acid groups (broad SMARTS) is 2. The molecule has 0 atom stereocenters. The zero-order chi connectivity index (χ0) is 21.6. The summed E-state index contributed by atoms with van der Waals surface area (Å²) in [7, 11) is 0. The molecule has 0 aromatic heterocycles. The molecule has 0 saturated carbocycles. The van der Waals surface area contributed by atoms with Gasteiger partial charge in [0.15, 0.2) is 0 Å². The summed E-state index contributed by atoms with van der Waals surface area (Å²) in [5, 5.41) is 19.4. The van der Waals surface area contributed by atoms with Crippen molar-refractivity contribution in [1.29, 1.82) is 0 Å². The molecule has 7 heteroatoms. The van der Waals surface area contributed by atoms with E-state index >= 15 is 0 Å². The Morgan fingerprint density at radius 1 is 0.613 bits per heavy atom. The van der Waals surface area contributed by atoms with Crippen LogP contribution >= 0.6 is 0 Å². The summed E-state index contributed by atoms with van der Waals surface area (Å²) in [4.78, 5) is 23.3. The van der Waals surface area contributed by atoms with Gasteiger partial charge >= 0.3 is 65.1 Å². The van der Waals surface area contributed by atoms with Crippen LogP contribution in [0, 0.1) is 0 Å². The van der Waals surface area contributed by atoms with Crippen molar-refractivity contribution in [1.82, 2.24) is 4.90 Å². The van der Waals surface area contributed by atoms with Crippen molar-refractivity contribution in [3.63, 3.8) is 0 Å². The molecule has 1 N–H and O–H groups in total. The van der Waals surface area contributed by atoms with Gasteiger partial charge in [-0.15, -0.1) is 0 Å². The summed E-state index contributed by atoms with van der Waals surface area (Å²) in [6, 6.07) is 0. The topological polar surface area (TPSA) is 80.7 Å². The van der Waals surface area contributed by atoms with E-state index in [4.69, 9.17) is 5.11 Å². The molecular weight excluding hydrogens is 412 g/mol. The number of nitrogens with zero attached hydrogens (tertiary/aromatic N) is 1. The van der Waals surface area contributed by atoms with Crippen LogP contribution < -0.4 is 64.2 Å². The van der Waals surface area contributed by atoms with Crippen molar-refractivity contribution in [3.05, 3.63) is 0 Å². The third-order valence-electron chi connectivity index (χ3n) is 5.60. The van der Waals surface area contributed by atoms with Gasteiger partial charge in [0.05, 0.1) is 6.42 Å². The maximum Gasteiger partial charge on any atom is 1.00 e. The van der Waals surface area contributed by atoms with Crippen molar-refractivity contribution in [3.8, 4) is 0 Å². The third kappa shape index (κ3) is 30.9. The van der Waals surface area contributed by atoms with Gasteiger partial charge in [0.25, 0.3) is 0 Å². The molecule has 0 heterocycles. The van der Waals surface area contributed by atoms with Gasteiger partial charge in [-0.2, -0.15) is 0 Å². The first-order chi connectivity index (χ1) is 14.1. The molecule has 0 radical (unpaired) electrons. The quantitative estimate of drug-likeness (QED) is 0.160. The fourth-order valence-electron chi connectivity index (χ4n) is 3.72. The molecular formula is C24H46NNa2O4+. The Bertz CT molecular complexity index is 380. The van der Waals surface area contributed by atoms with E-state index in [0.717, 1.165) is 19.4 Å². The fourth-order valence-corrected chi connectivity index (χ4v) is 3.72. The number of unbranched alkanes of at least 4 members (excludes halogenated alkanes) is 15. The molecule has 0 aromatic carbocycles. The van der Waals surface area contributed by atoms with Gasteiger partial charge in [-0.1, -0.05) is 103 Å². The summed E-state index contributed by atoms with van der Waals surface area (Å²) in [6.07, 6.45) is 21.2. The maximum atomic E-state index is 10.7. The van der Waals surface area contributed by atoms with Gasteiger partial charge < -0.3 is 19.9 Å². The van der Waals surface area contributed by atoms with E-state index in [9.17, 15) is 14.7 Å². The minimum atomic E-state index is -1.07. The van der Waals surface area contributed by atoms with Crippen LogP contribution in [0.4, 0.5) is 0 Å². The Morgan fingerprint density at radius 3 is 1.32 bits per heavy atom. The summed E-state index contributed by atoms with van der Waals surface area (Å²) in [5.74, 6) is -1.91. The number of carbonyl (C=O) groups is 2. The molecule has 5 nitrogen and oxygen atoms in total. The minimum Gasteiger partial charge on any atom is -0.550 e. The van der Waals surface area contributed by atoms with E-state index in [0.29, 0.717) is 13.1 Å². The average molecular weight is 459 g/mol. The van der Waals surface area contributed by atoms with Crippen LogP contribution in [0.2, 0.25) is 0 Å². The van der Waals surface area contributed by atoms with E-state index in [1.807, 2.05) is 4.90 Å². The van der Waals surface area contributed by atoms with Crippen molar-refractivity contribution in [2.75, 3.05) is 19.6 Å². The van der Waals surface area contributed by atoms with Crippen LogP contribution in [-0.4, -0.2) is 41.6 Å². The predicted molar refractivity (Wildman–Crippen MR) is 118 cm³/mol. The van der Waals surface area contributed by atoms with Gasteiger partial charge in [-0.05, 0) is 19.4 Å². The van der Waals surface area contributed by atoms with Crippen LogP contribution in [0.1, 0.15) is 122 Å². The molecule has 0 bridgehead atoms. The Kier molecular flexibility index (Phi) is 34.0. The first-order valence-corrected chi connectivity index (χ1v) is 12.2. The summed E-state index contributed by atoms with van der Waals surface area (Å²) >= 11 is 0. The van der Waals surface area contributed by atoms with Crippen LogP contribution in [0.15, 0.2) is 0 Å². The van der Waals surface area contributed by atoms with Gasteiger partial charge in [-0.3, -0.25) is 4.79 Å². The van der Waals surface area contributed by atoms with Crippen molar-refractivity contribution < 1.29 is 78.9 Å². The molecule has 0 fully saturated rings. The zero-order valence-electron chi connectivity index (χ0n) is 21.0. The Hall–Kier alpha value is 0.900. The molecule has 0 rings (SSSR count). The van der Waals surface area contributed by atoms with Crippen molar-refractivity contribution in [2.45, 2.75) is 122 Å². The minimum absolute atomic E-state index is 0. The molecule has 31 heavy (non-hydrogen) atoms. The largest absolute Gasteiger partial charge is 1.00 e. The Labute approximate surface area is 236 Å². The second-order valence-electron chi connectivity index (χ2n) is 8.41. The molecule has 0 amide bonds. The first-order valence-electron chi connectivity index (χ1n) is 12.2. The van der Waals surface area contributed by atoms with Crippen LogP contribution in [-0.2, 0) is 9.59 Å². The Balaban J connectivity index is -0.00000392. The summed E-state index contributed by atoms with van der Waals surface area (Å²) < 4.78 is 0. The number of hydrogen-bond acceptors (Lipinski definition) is 4. The molecule has 0 aliphatic rings. The molecule has 0 saturated heterocycles. The molecule has 0 aliphatic carbocycles. The van der Waals surface area contributed by atoms with Crippen LogP contribution in [0.3, 0.4) is 0 Å². The average Bonchev–Trinajstić information content (AvgIpc) is 2.68. The van der Waals surface area contributed by atoms with E-state index < -0.39 is 11.9 Å². The maximum absolute atomic E-state index is 10.7. The summed E-state index contributed by atoms with van der Waals surface area (Å²) in [6.45, 7) is 3.84. The van der Waals surface area contributed by atoms with E-state index in [-0.39, 0.29) is 72.0 Å². The number of hydrogen-bond donors (Lipinski definition) is 1. The molecule has 0 spiro atoms. The van der Waals surface area contributed by atoms with Gasteiger partial charge in [-0.25, -0.2) is 0 Å². The Morgan fingerprint density at radius 2 is 0.968 bits per heavy atom. The normalized spacial score (nSPS) is 10.5. The molecule has 0 aliphatic heterocycles. The van der Waals surface area contributed by atoms with Crippen LogP contribution in [0.25, 0.3) is 0 Å². The number of rotatable bonds is 23. The SMILES string of the molecule is CCCCCCCCCCCCCCCCCCN(CCC(=O)[O-])CCC(=O)O.[Na+].[Na+]. The number of aliphatic carboxylic acids is 2. The number of carbonyl (C=O) groups excluding carboxylic acids is 1. The fraction of sp³-hybridized carbons (Fsp3) is 0.917. The second-order valence-corrected chi connectivity index (χ2v) is 8.41. The van der Waals surface area contributed by atoms with Gasteiger partial charge in [0, 0.05) is 19.1 Å². The van der Waals surface area contributed by atoms with E-state index in [1.165, 1.54) is 89.9 Å². The number of carboxylic acids is 2. The van der Waals surface area contributed by atoms with Crippen LogP contribution in [0.5, 0.6) is 0 Å². The van der Waals surface area contributed by atoms with E-state index in [2.05, 4.69) is 6.92 Å². The predicted octanol–water partition coefficient (Wildman–Crippen LogP) is -0.827. The smallest absolute Gasteiger partial charge is 0.550 e. The van der Waals surface area contributed by atoms with Crippen molar-refractivity contribution >= 4 is 11.9 Å². The monoisotopic (exact) mass is 458 g/mol. The zero-order valence-corrected chi connectivity index (χ0v) is 25.0. The molecule has 172 valence electrons. The summed E-state index contributed by atoms with van der Waals surface area (Å²) in [5.41, 5.74) is 0. The van der Waals surface area contributed by atoms with Gasteiger partial charge in [0.1, 0.15) is 0 Å². The van der Waals surface area contributed by atoms with Gasteiger partial charge in [0.2, 0.25) is 0 Å². The van der Waals surface area contributed by atoms with Crippen molar-refractivity contribution in [2.24, 2.45) is 0 Å².